The van der Waals surface area contributed by atoms with Crippen LogP contribution in [0.15, 0.2) is 52.5 Å². The molecule has 9 heteroatoms. The molecule has 1 aromatic carbocycles. The van der Waals surface area contributed by atoms with Crippen LogP contribution in [-0.4, -0.2) is 45.7 Å². The number of nitrogens with one attached hydrogen (secondary N) is 1. The Balaban J connectivity index is 1.07. The fourth-order valence-corrected chi connectivity index (χ4v) is 6.13. The normalized spacial score (nSPS) is 15.9. The first-order valence-corrected chi connectivity index (χ1v) is 13.0. The second-order valence-corrected chi connectivity index (χ2v) is 10.5. The zero-order valence-electron chi connectivity index (χ0n) is 18.5. The van der Waals surface area contributed by atoms with Gasteiger partial charge in [-0.05, 0) is 61.9 Å². The van der Waals surface area contributed by atoms with Crippen molar-refractivity contribution in [1.82, 2.24) is 19.6 Å². The molecule has 2 aliphatic heterocycles. The summed E-state index contributed by atoms with van der Waals surface area (Å²) in [7, 11) is 0. The number of hydrogen-bond donors (Lipinski definition) is 1. The van der Waals surface area contributed by atoms with Gasteiger partial charge < -0.3 is 10.2 Å². The number of carbonyl (C=O) groups is 2. The van der Waals surface area contributed by atoms with E-state index in [1.807, 2.05) is 29.2 Å². The summed E-state index contributed by atoms with van der Waals surface area (Å²) in [6.45, 7) is 2.02. The van der Waals surface area contributed by atoms with Gasteiger partial charge in [0.2, 0.25) is 0 Å². The molecule has 2 aliphatic rings. The summed E-state index contributed by atoms with van der Waals surface area (Å²) >= 11 is 13.9. The van der Waals surface area contributed by atoms with Crippen LogP contribution >= 0.6 is 35.0 Å². The lowest BCUT2D eigenvalue weighted by atomic mass is 9.92. The molecule has 6 nitrogen and oxygen atoms in total. The molecule has 0 aliphatic carbocycles. The van der Waals surface area contributed by atoms with Gasteiger partial charge in [0.15, 0.2) is 0 Å². The molecule has 0 atom stereocenters. The Morgan fingerprint density at radius 3 is 2.59 bits per heavy atom. The van der Waals surface area contributed by atoms with Crippen LogP contribution in [-0.2, 0) is 4.79 Å². The molecule has 0 radical (unpaired) electrons. The number of halogens is 2. The van der Waals surface area contributed by atoms with Crippen molar-refractivity contribution in [2.24, 2.45) is 5.92 Å². The number of piperidine rings is 1. The number of carbonyl (C=O) groups excluding carboxylic acids is 2. The Morgan fingerprint density at radius 2 is 1.82 bits per heavy atom. The highest BCUT2D eigenvalue weighted by Crippen LogP contribution is 2.34. The van der Waals surface area contributed by atoms with Gasteiger partial charge in [-0.25, -0.2) is 4.98 Å². The molecule has 0 bridgehead atoms. The summed E-state index contributed by atoms with van der Waals surface area (Å²) in [5.41, 5.74) is 2.20. The maximum absolute atomic E-state index is 12.8. The minimum Gasteiger partial charge on any atom is -0.352 e. The van der Waals surface area contributed by atoms with Gasteiger partial charge in [-0.1, -0.05) is 47.1 Å². The van der Waals surface area contributed by atoms with E-state index < -0.39 is 0 Å². The van der Waals surface area contributed by atoms with Crippen molar-refractivity contribution >= 4 is 58.5 Å². The molecule has 2 amide bonds. The molecule has 0 unspecified atom stereocenters. The predicted molar refractivity (Wildman–Crippen MR) is 136 cm³/mol. The molecule has 1 saturated heterocycles. The molecule has 0 spiro atoms. The fourth-order valence-electron chi connectivity index (χ4n) is 4.56. The number of pyridine rings is 1. The van der Waals surface area contributed by atoms with Crippen molar-refractivity contribution in [2.75, 3.05) is 19.6 Å². The third-order valence-corrected chi connectivity index (χ3v) is 8.07. The van der Waals surface area contributed by atoms with Crippen LogP contribution in [0.5, 0.6) is 0 Å². The van der Waals surface area contributed by atoms with Gasteiger partial charge >= 0.3 is 0 Å². The lowest BCUT2D eigenvalue weighted by Gasteiger charge is -2.32. The number of likely N-dealkylation sites (tertiary alicyclic amines) is 1. The summed E-state index contributed by atoms with van der Waals surface area (Å²) in [5.74, 6) is 0.390. The Hall–Kier alpha value is -2.48. The average molecular weight is 515 g/mol. The van der Waals surface area contributed by atoms with Crippen LogP contribution in [0.2, 0.25) is 10.0 Å². The molecule has 5 rings (SSSR count). The van der Waals surface area contributed by atoms with Gasteiger partial charge in [-0.3, -0.25) is 14.0 Å². The monoisotopic (exact) mass is 514 g/mol. The number of thioether (sulfide) groups is 1. The average Bonchev–Trinajstić information content (AvgIpc) is 3.26. The quantitative estimate of drug-likeness (QED) is 0.438. The maximum atomic E-state index is 12.8. The van der Waals surface area contributed by atoms with Crippen LogP contribution in [0.4, 0.5) is 0 Å². The second-order valence-electron chi connectivity index (χ2n) is 8.58. The van der Waals surface area contributed by atoms with Gasteiger partial charge in [0.25, 0.3) is 11.8 Å². The smallest absolute Gasteiger partial charge is 0.258 e. The van der Waals surface area contributed by atoms with E-state index in [0.717, 1.165) is 42.1 Å². The Bertz CT molecular complexity index is 1260. The Morgan fingerprint density at radius 1 is 1.09 bits per heavy atom. The van der Waals surface area contributed by atoms with E-state index in [2.05, 4.69) is 14.7 Å². The SMILES string of the molecule is O=C(NCCCC1CCN(C(=O)c2c(Cl)cccc2Cl)CC1)C1=Cc2cnc3cccc(n23)S1. The number of benzene rings is 1. The van der Waals surface area contributed by atoms with E-state index >= 15 is 0 Å². The minimum atomic E-state index is -0.100. The molecule has 34 heavy (non-hydrogen) atoms. The lowest BCUT2D eigenvalue weighted by Crippen LogP contribution is -2.39. The highest BCUT2D eigenvalue weighted by atomic mass is 35.5. The zero-order chi connectivity index (χ0) is 23.7. The van der Waals surface area contributed by atoms with Crippen LogP contribution in [0.25, 0.3) is 11.7 Å². The second kappa shape index (κ2) is 10.0. The summed E-state index contributed by atoms with van der Waals surface area (Å²) in [5, 5.41) is 4.84. The van der Waals surface area contributed by atoms with Gasteiger partial charge in [0, 0.05) is 19.6 Å². The van der Waals surface area contributed by atoms with Crippen LogP contribution in [0.1, 0.15) is 41.7 Å². The number of rotatable bonds is 6. The molecule has 1 fully saturated rings. The number of hydrogen-bond acceptors (Lipinski definition) is 4. The summed E-state index contributed by atoms with van der Waals surface area (Å²) in [6.07, 6.45) is 7.50. The molecule has 4 heterocycles. The summed E-state index contributed by atoms with van der Waals surface area (Å²) in [4.78, 5) is 32.5. The maximum Gasteiger partial charge on any atom is 0.258 e. The summed E-state index contributed by atoms with van der Waals surface area (Å²) in [6, 6.07) is 11.0. The Kier molecular flexibility index (Phi) is 6.86. The van der Waals surface area contributed by atoms with Gasteiger partial charge in [-0.15, -0.1) is 0 Å². The van der Waals surface area contributed by atoms with E-state index in [4.69, 9.17) is 23.2 Å². The van der Waals surface area contributed by atoms with Crippen molar-refractivity contribution < 1.29 is 9.59 Å². The van der Waals surface area contributed by atoms with Crippen LogP contribution in [0.3, 0.4) is 0 Å². The van der Waals surface area contributed by atoms with Gasteiger partial charge in [0.1, 0.15) is 5.65 Å². The molecule has 3 aromatic rings. The third kappa shape index (κ3) is 4.69. The largest absolute Gasteiger partial charge is 0.352 e. The first kappa shape index (κ1) is 23.3. The zero-order valence-corrected chi connectivity index (χ0v) is 20.8. The van der Waals surface area contributed by atoms with Gasteiger partial charge in [0.05, 0.1) is 37.4 Å². The van der Waals surface area contributed by atoms with E-state index in [1.165, 1.54) is 11.8 Å². The topological polar surface area (TPSA) is 66.7 Å². The summed E-state index contributed by atoms with van der Waals surface area (Å²) < 4.78 is 2.05. The van der Waals surface area contributed by atoms with Crippen molar-refractivity contribution in [1.29, 1.82) is 0 Å². The molecular formula is C25H24Cl2N4O2S. The number of aromatic nitrogens is 2. The number of amides is 2. The van der Waals surface area contributed by atoms with Crippen LogP contribution in [0, 0.1) is 5.92 Å². The lowest BCUT2D eigenvalue weighted by molar-refractivity contribution is -0.116. The van der Waals surface area contributed by atoms with E-state index in [0.29, 0.717) is 46.1 Å². The van der Waals surface area contributed by atoms with E-state index in [1.54, 1.807) is 24.4 Å². The first-order chi connectivity index (χ1) is 16.5. The fraction of sp³-hybridized carbons (Fsp3) is 0.320. The predicted octanol–water partition coefficient (Wildman–Crippen LogP) is 5.54. The number of nitrogens with zero attached hydrogens (tertiary/aromatic N) is 3. The molecule has 1 N–H and O–H groups in total. The number of imidazole rings is 1. The highest BCUT2D eigenvalue weighted by Gasteiger charge is 2.26. The van der Waals surface area contributed by atoms with Crippen LogP contribution < -0.4 is 5.32 Å². The first-order valence-electron chi connectivity index (χ1n) is 11.4. The highest BCUT2D eigenvalue weighted by molar-refractivity contribution is 8.04. The standard InChI is InChI=1S/C25H24Cl2N4O2S/c26-18-5-1-6-19(27)23(18)25(33)30-12-9-16(10-13-30)4-3-11-28-24(32)20-14-17-15-29-21-7-2-8-22(34-20)31(17)21/h1-2,5-8,14-16H,3-4,9-13H2,(H,28,32). The van der Waals surface area contributed by atoms with Crippen molar-refractivity contribution in [3.8, 4) is 0 Å². The van der Waals surface area contributed by atoms with E-state index in [9.17, 15) is 9.59 Å². The third-order valence-electron chi connectivity index (χ3n) is 6.39. The molecular weight excluding hydrogens is 491 g/mol. The van der Waals surface area contributed by atoms with Crippen molar-refractivity contribution in [3.05, 3.63) is 68.8 Å². The van der Waals surface area contributed by atoms with Crippen molar-refractivity contribution in [2.45, 2.75) is 30.7 Å². The van der Waals surface area contributed by atoms with Gasteiger partial charge in [-0.2, -0.15) is 0 Å². The molecule has 0 saturated carbocycles. The van der Waals surface area contributed by atoms with E-state index in [-0.39, 0.29) is 11.8 Å². The molecule has 176 valence electrons. The minimum absolute atomic E-state index is 0.0495. The Labute approximate surface area is 212 Å². The van der Waals surface area contributed by atoms with Crippen molar-refractivity contribution in [3.63, 3.8) is 0 Å². The molecule has 2 aromatic heterocycles.